The third-order valence-electron chi connectivity index (χ3n) is 7.42. The fourth-order valence-electron chi connectivity index (χ4n) is 5.83. The fourth-order valence-corrected chi connectivity index (χ4v) is 5.83. The first-order valence-corrected chi connectivity index (χ1v) is 12.4. The van der Waals surface area contributed by atoms with E-state index in [-0.39, 0.29) is 0 Å². The molecule has 2 aromatic carbocycles. The molecule has 5 rings (SSSR count). The largest absolute Gasteiger partial charge is 0.345 e. The van der Waals surface area contributed by atoms with Gasteiger partial charge in [0, 0.05) is 43.1 Å². The number of hydrogen-bond acceptors (Lipinski definition) is 1. The molecule has 3 aromatic rings. The molecule has 0 saturated carbocycles. The molecule has 2 fully saturated rings. The number of likely N-dealkylation sites (tertiary alicyclic amines) is 1. The maximum absolute atomic E-state index is 4.64. The van der Waals surface area contributed by atoms with Crippen molar-refractivity contribution in [3.8, 4) is 11.1 Å². The van der Waals surface area contributed by atoms with Gasteiger partial charge in [-0.3, -0.25) is 4.90 Å². The third kappa shape index (κ3) is 4.42. The second kappa shape index (κ2) is 9.64. The Balaban J connectivity index is 1.60. The molecule has 1 atom stereocenters. The van der Waals surface area contributed by atoms with E-state index in [0.29, 0.717) is 12.1 Å². The summed E-state index contributed by atoms with van der Waals surface area (Å²) in [6.45, 7) is 8.69. The summed E-state index contributed by atoms with van der Waals surface area (Å²) in [4.78, 5) is 2.85. The van der Waals surface area contributed by atoms with Crippen molar-refractivity contribution in [2.24, 2.45) is 0 Å². The minimum Gasteiger partial charge on any atom is -0.345 e. The Hall–Kier alpha value is -2.36. The predicted molar refractivity (Wildman–Crippen MR) is 133 cm³/mol. The van der Waals surface area contributed by atoms with E-state index in [4.69, 9.17) is 0 Å². The average Bonchev–Trinajstić information content (AvgIpc) is 3.16. The molecule has 0 aliphatic carbocycles. The van der Waals surface area contributed by atoms with Crippen molar-refractivity contribution in [1.29, 1.82) is 0 Å². The Morgan fingerprint density at radius 2 is 1.62 bits per heavy atom. The summed E-state index contributed by atoms with van der Waals surface area (Å²) in [6.07, 6.45) is 8.73. The quantitative estimate of drug-likeness (QED) is 0.482. The van der Waals surface area contributed by atoms with Crippen molar-refractivity contribution in [3.05, 3.63) is 83.2 Å². The van der Waals surface area contributed by atoms with Gasteiger partial charge in [-0.15, -0.1) is 0 Å². The molecular formula is C29H36N3. The molecule has 0 spiro atoms. The molecule has 167 valence electrons. The van der Waals surface area contributed by atoms with Crippen LogP contribution < -0.4 is 5.32 Å². The number of piperidine rings is 2. The minimum absolute atomic E-state index is 0.487. The van der Waals surface area contributed by atoms with Crippen LogP contribution in [0.2, 0.25) is 0 Å². The van der Waals surface area contributed by atoms with Gasteiger partial charge in [0.25, 0.3) is 0 Å². The first kappa shape index (κ1) is 21.5. The number of hydrogen-bond donors (Lipinski definition) is 0. The van der Waals surface area contributed by atoms with E-state index in [1.54, 1.807) is 0 Å². The highest BCUT2D eigenvalue weighted by atomic mass is 15.2. The number of aryl methyl sites for hydroxylation is 2. The standard InChI is InChI=1S/C29H36N3/c1-22-11-13-25(14-12-22)28-23(2)20-31(21-24-8-4-3-5-9-24)29(28)27-10-6-7-19-32(27)26-15-17-30-18-16-26/h3-5,8-9,11-14,20,26-27H,6-7,10,15-19,21H2,1-2H3. The van der Waals surface area contributed by atoms with Gasteiger partial charge >= 0.3 is 0 Å². The number of aromatic nitrogens is 1. The van der Waals surface area contributed by atoms with Crippen molar-refractivity contribution in [3.63, 3.8) is 0 Å². The number of benzene rings is 2. The Kier molecular flexibility index (Phi) is 6.47. The molecule has 1 radical (unpaired) electrons. The van der Waals surface area contributed by atoms with Crippen LogP contribution in [0.25, 0.3) is 11.1 Å². The SMILES string of the molecule is Cc1ccc(-c2c(C)cn(Cc3ccccc3)c2C2CCCCN2C2CC[N]CC2)cc1. The zero-order valence-corrected chi connectivity index (χ0v) is 19.6. The van der Waals surface area contributed by atoms with Crippen molar-refractivity contribution < 1.29 is 0 Å². The van der Waals surface area contributed by atoms with E-state index in [9.17, 15) is 0 Å². The Bertz CT molecular complexity index is 1010. The highest BCUT2D eigenvalue weighted by Crippen LogP contribution is 2.42. The lowest BCUT2D eigenvalue weighted by atomic mass is 9.89. The van der Waals surface area contributed by atoms with Crippen LogP contribution >= 0.6 is 0 Å². The van der Waals surface area contributed by atoms with Gasteiger partial charge < -0.3 is 4.57 Å². The molecule has 2 saturated heterocycles. The zero-order chi connectivity index (χ0) is 21.9. The van der Waals surface area contributed by atoms with Crippen LogP contribution in [-0.4, -0.2) is 35.1 Å². The summed E-state index contributed by atoms with van der Waals surface area (Å²) >= 11 is 0. The van der Waals surface area contributed by atoms with Gasteiger partial charge in [0.1, 0.15) is 0 Å². The summed E-state index contributed by atoms with van der Waals surface area (Å²) in [5, 5.41) is 4.64. The van der Waals surface area contributed by atoms with Gasteiger partial charge in [-0.05, 0) is 62.8 Å². The summed E-state index contributed by atoms with van der Waals surface area (Å²) in [5.74, 6) is 0. The van der Waals surface area contributed by atoms with Crippen molar-refractivity contribution in [1.82, 2.24) is 14.8 Å². The molecule has 0 amide bonds. The van der Waals surface area contributed by atoms with Crippen LogP contribution in [0.1, 0.15) is 60.5 Å². The Labute approximate surface area is 193 Å². The molecule has 3 heterocycles. The smallest absolute Gasteiger partial charge is 0.0509 e. The topological polar surface area (TPSA) is 22.3 Å². The molecular weight excluding hydrogens is 390 g/mol. The van der Waals surface area contributed by atoms with Crippen molar-refractivity contribution >= 4 is 0 Å². The lowest BCUT2D eigenvalue weighted by molar-refractivity contribution is 0.0717. The number of nitrogens with zero attached hydrogens (tertiary/aromatic N) is 3. The Morgan fingerprint density at radius 3 is 2.38 bits per heavy atom. The number of rotatable bonds is 5. The monoisotopic (exact) mass is 426 g/mol. The summed E-state index contributed by atoms with van der Waals surface area (Å²) in [6, 6.07) is 21.3. The van der Waals surface area contributed by atoms with E-state index in [1.807, 2.05) is 0 Å². The first-order chi connectivity index (χ1) is 15.7. The van der Waals surface area contributed by atoms with Gasteiger partial charge in [-0.1, -0.05) is 66.6 Å². The lowest BCUT2D eigenvalue weighted by Gasteiger charge is -2.43. The second-order valence-electron chi connectivity index (χ2n) is 9.70. The highest BCUT2D eigenvalue weighted by molar-refractivity contribution is 5.71. The van der Waals surface area contributed by atoms with Crippen molar-refractivity contribution in [2.75, 3.05) is 19.6 Å². The van der Waals surface area contributed by atoms with E-state index in [1.165, 1.54) is 72.2 Å². The molecule has 0 bridgehead atoms. The first-order valence-electron chi connectivity index (χ1n) is 12.4. The molecule has 32 heavy (non-hydrogen) atoms. The van der Waals surface area contributed by atoms with Gasteiger partial charge in [0.2, 0.25) is 0 Å². The third-order valence-corrected chi connectivity index (χ3v) is 7.42. The molecule has 0 N–H and O–H groups in total. The molecule has 2 aliphatic rings. The maximum atomic E-state index is 4.64. The summed E-state index contributed by atoms with van der Waals surface area (Å²) in [5.41, 5.74) is 8.43. The summed E-state index contributed by atoms with van der Waals surface area (Å²) in [7, 11) is 0. The van der Waals surface area contributed by atoms with E-state index in [2.05, 4.69) is 89.4 Å². The fraction of sp³-hybridized carbons (Fsp3) is 0.448. The molecule has 3 heteroatoms. The zero-order valence-electron chi connectivity index (χ0n) is 19.6. The lowest BCUT2D eigenvalue weighted by Crippen LogP contribution is -2.46. The Morgan fingerprint density at radius 1 is 0.875 bits per heavy atom. The van der Waals surface area contributed by atoms with Gasteiger partial charge in [0.15, 0.2) is 0 Å². The maximum Gasteiger partial charge on any atom is 0.0509 e. The van der Waals surface area contributed by atoms with E-state index in [0.717, 1.165) is 19.6 Å². The molecule has 1 aromatic heterocycles. The van der Waals surface area contributed by atoms with Gasteiger partial charge in [-0.25, -0.2) is 5.32 Å². The highest BCUT2D eigenvalue weighted by Gasteiger charge is 2.34. The molecule has 2 aliphatic heterocycles. The van der Waals surface area contributed by atoms with Gasteiger partial charge in [0.05, 0.1) is 6.04 Å². The van der Waals surface area contributed by atoms with Crippen LogP contribution in [0, 0.1) is 13.8 Å². The predicted octanol–water partition coefficient (Wildman–Crippen LogP) is 6.11. The minimum atomic E-state index is 0.487. The van der Waals surface area contributed by atoms with Crippen LogP contribution in [0.4, 0.5) is 0 Å². The van der Waals surface area contributed by atoms with E-state index >= 15 is 0 Å². The van der Waals surface area contributed by atoms with E-state index < -0.39 is 0 Å². The molecule has 3 nitrogen and oxygen atoms in total. The second-order valence-corrected chi connectivity index (χ2v) is 9.70. The molecule has 1 unspecified atom stereocenters. The van der Waals surface area contributed by atoms with Crippen LogP contribution in [0.15, 0.2) is 60.8 Å². The van der Waals surface area contributed by atoms with Crippen molar-refractivity contribution in [2.45, 2.75) is 64.6 Å². The van der Waals surface area contributed by atoms with Crippen LogP contribution in [-0.2, 0) is 6.54 Å². The van der Waals surface area contributed by atoms with Gasteiger partial charge in [-0.2, -0.15) is 0 Å². The van der Waals surface area contributed by atoms with Crippen LogP contribution in [0.3, 0.4) is 0 Å². The average molecular weight is 427 g/mol. The summed E-state index contributed by atoms with van der Waals surface area (Å²) < 4.78 is 2.57. The van der Waals surface area contributed by atoms with Crippen LogP contribution in [0.5, 0.6) is 0 Å². The normalized spacial score (nSPS) is 20.5.